The van der Waals surface area contributed by atoms with Gasteiger partial charge in [-0.15, -0.1) is 0 Å². The highest BCUT2D eigenvalue weighted by Gasteiger charge is 2.05. The fraction of sp³-hybridized carbons (Fsp3) is 0.0909. The lowest BCUT2D eigenvalue weighted by molar-refractivity contribution is 0.471. The average Bonchev–Trinajstić information content (AvgIpc) is 2.31. The van der Waals surface area contributed by atoms with Crippen molar-refractivity contribution in [2.75, 3.05) is 0 Å². The number of rotatable bonds is 0. The molecule has 66 valence electrons. The van der Waals surface area contributed by atoms with Crippen LogP contribution < -0.4 is 0 Å². The van der Waals surface area contributed by atoms with Gasteiger partial charge in [-0.25, -0.2) is 0 Å². The Bertz CT molecular complexity index is 391. The van der Waals surface area contributed by atoms with E-state index in [1.165, 1.54) is 5.56 Å². The Morgan fingerprint density at radius 1 is 1.23 bits per heavy atom. The maximum Gasteiger partial charge on any atom is 0.130 e. The van der Waals surface area contributed by atoms with Crippen LogP contribution in [0.4, 0.5) is 0 Å². The highest BCUT2D eigenvalue weighted by Crippen LogP contribution is 2.29. The van der Waals surface area contributed by atoms with E-state index in [-0.39, 0.29) is 0 Å². The van der Waals surface area contributed by atoms with Crippen LogP contribution in [-0.2, 0) is 6.42 Å². The first-order valence-corrected chi connectivity index (χ1v) is 4.91. The summed E-state index contributed by atoms with van der Waals surface area (Å²) in [5, 5.41) is 9.47. The molecule has 1 nitrogen and oxygen atoms in total. The summed E-state index contributed by atoms with van der Waals surface area (Å²) in [6, 6.07) is 3.74. The molecule has 1 aromatic carbocycles. The SMILES string of the molecule is Oc1cc2c(cc1Br)CC=CC=C2. The first-order chi connectivity index (χ1) is 6.27. The predicted octanol–water partition coefficient (Wildman–Crippen LogP) is 3.28. The summed E-state index contributed by atoms with van der Waals surface area (Å²) >= 11 is 3.30. The summed E-state index contributed by atoms with van der Waals surface area (Å²) in [6.45, 7) is 0. The molecule has 0 saturated heterocycles. The molecule has 0 aliphatic heterocycles. The van der Waals surface area contributed by atoms with Gasteiger partial charge in [-0.3, -0.25) is 0 Å². The predicted molar refractivity (Wildman–Crippen MR) is 57.7 cm³/mol. The molecule has 13 heavy (non-hydrogen) atoms. The molecule has 0 aromatic heterocycles. The summed E-state index contributed by atoms with van der Waals surface area (Å²) < 4.78 is 0.759. The zero-order valence-electron chi connectivity index (χ0n) is 7.00. The smallest absolute Gasteiger partial charge is 0.130 e. The molecule has 0 saturated carbocycles. The van der Waals surface area contributed by atoms with Gasteiger partial charge in [-0.2, -0.15) is 0 Å². The van der Waals surface area contributed by atoms with E-state index in [1.807, 2.05) is 24.3 Å². The molecule has 2 rings (SSSR count). The molecule has 0 radical (unpaired) electrons. The van der Waals surface area contributed by atoms with Crippen LogP contribution in [0.25, 0.3) is 6.08 Å². The molecule has 1 N–H and O–H groups in total. The zero-order chi connectivity index (χ0) is 9.26. The molecule has 0 bridgehead atoms. The molecule has 0 atom stereocenters. The van der Waals surface area contributed by atoms with Gasteiger partial charge in [-0.05, 0) is 45.6 Å². The van der Waals surface area contributed by atoms with E-state index >= 15 is 0 Å². The van der Waals surface area contributed by atoms with Crippen molar-refractivity contribution in [1.29, 1.82) is 0 Å². The van der Waals surface area contributed by atoms with Crippen molar-refractivity contribution in [3.63, 3.8) is 0 Å². The van der Waals surface area contributed by atoms with E-state index in [9.17, 15) is 5.11 Å². The van der Waals surface area contributed by atoms with E-state index in [1.54, 1.807) is 6.07 Å². The van der Waals surface area contributed by atoms with Crippen molar-refractivity contribution in [3.05, 3.63) is 46.0 Å². The van der Waals surface area contributed by atoms with Gasteiger partial charge in [0.25, 0.3) is 0 Å². The Morgan fingerprint density at radius 3 is 2.92 bits per heavy atom. The number of fused-ring (bicyclic) bond motifs is 1. The number of hydrogen-bond acceptors (Lipinski definition) is 1. The molecule has 0 unspecified atom stereocenters. The van der Waals surface area contributed by atoms with Crippen LogP contribution in [0.2, 0.25) is 0 Å². The molecule has 0 spiro atoms. The third-order valence-electron chi connectivity index (χ3n) is 2.07. The minimum Gasteiger partial charge on any atom is -0.507 e. The van der Waals surface area contributed by atoms with Crippen molar-refractivity contribution in [2.45, 2.75) is 6.42 Å². The Labute approximate surface area is 85.5 Å². The Morgan fingerprint density at radius 2 is 2.08 bits per heavy atom. The number of benzene rings is 1. The summed E-state index contributed by atoms with van der Waals surface area (Å²) in [5.41, 5.74) is 2.32. The number of allylic oxidation sites excluding steroid dienone is 3. The molecule has 1 aliphatic rings. The van der Waals surface area contributed by atoms with Crippen molar-refractivity contribution < 1.29 is 5.11 Å². The monoisotopic (exact) mass is 236 g/mol. The highest BCUT2D eigenvalue weighted by molar-refractivity contribution is 9.10. The van der Waals surface area contributed by atoms with Crippen molar-refractivity contribution >= 4 is 22.0 Å². The first kappa shape index (κ1) is 8.57. The fourth-order valence-corrected chi connectivity index (χ4v) is 1.77. The Hall–Kier alpha value is -1.02. The van der Waals surface area contributed by atoms with E-state index in [4.69, 9.17) is 0 Å². The lowest BCUT2D eigenvalue weighted by Crippen LogP contribution is -1.86. The van der Waals surface area contributed by atoms with Gasteiger partial charge in [-0.1, -0.05) is 24.3 Å². The van der Waals surface area contributed by atoms with Crippen molar-refractivity contribution in [1.82, 2.24) is 0 Å². The van der Waals surface area contributed by atoms with Crippen molar-refractivity contribution in [2.24, 2.45) is 0 Å². The van der Waals surface area contributed by atoms with Gasteiger partial charge in [0.05, 0.1) is 4.47 Å². The van der Waals surface area contributed by atoms with Crippen LogP contribution >= 0.6 is 15.9 Å². The number of phenols is 1. The lowest BCUT2D eigenvalue weighted by Gasteiger charge is -2.05. The molecule has 1 aromatic rings. The number of phenolic OH excluding ortho intramolecular Hbond substituents is 1. The van der Waals surface area contributed by atoms with Gasteiger partial charge >= 0.3 is 0 Å². The molecular weight excluding hydrogens is 228 g/mol. The second-order valence-electron chi connectivity index (χ2n) is 2.99. The standard InChI is InChI=1S/C11H9BrO/c12-10-6-8-4-2-1-3-5-9(8)7-11(10)13/h1-3,5-7,13H,4H2. The minimum atomic E-state index is 0.297. The number of halogens is 1. The molecule has 1 aliphatic carbocycles. The topological polar surface area (TPSA) is 20.2 Å². The zero-order valence-corrected chi connectivity index (χ0v) is 8.58. The second-order valence-corrected chi connectivity index (χ2v) is 3.85. The third-order valence-corrected chi connectivity index (χ3v) is 2.70. The van der Waals surface area contributed by atoms with Gasteiger partial charge in [0.2, 0.25) is 0 Å². The first-order valence-electron chi connectivity index (χ1n) is 4.12. The number of aromatic hydroxyl groups is 1. The fourth-order valence-electron chi connectivity index (χ4n) is 1.38. The quantitative estimate of drug-likeness (QED) is 0.734. The second kappa shape index (κ2) is 3.38. The Balaban J connectivity index is 2.58. The van der Waals surface area contributed by atoms with Crippen LogP contribution in [0, 0.1) is 0 Å². The van der Waals surface area contributed by atoms with E-state index < -0.39 is 0 Å². The van der Waals surface area contributed by atoms with Crippen LogP contribution in [0.5, 0.6) is 5.75 Å². The van der Waals surface area contributed by atoms with Crippen LogP contribution in [0.15, 0.2) is 34.8 Å². The van der Waals surface area contributed by atoms with Crippen LogP contribution in [0.3, 0.4) is 0 Å². The van der Waals surface area contributed by atoms with E-state index in [0.29, 0.717) is 5.75 Å². The summed E-state index contributed by atoms with van der Waals surface area (Å²) in [7, 11) is 0. The number of hydrogen-bond donors (Lipinski definition) is 1. The normalized spacial score (nSPS) is 13.9. The molecule has 0 fully saturated rings. The molecular formula is C11H9BrO. The molecule has 0 amide bonds. The summed E-state index contributed by atoms with van der Waals surface area (Å²) in [5.74, 6) is 0.297. The average molecular weight is 237 g/mol. The summed E-state index contributed by atoms with van der Waals surface area (Å²) in [6.07, 6.45) is 9.03. The van der Waals surface area contributed by atoms with Gasteiger partial charge < -0.3 is 5.11 Å². The maximum atomic E-state index is 9.47. The van der Waals surface area contributed by atoms with Gasteiger partial charge in [0.1, 0.15) is 5.75 Å². The van der Waals surface area contributed by atoms with Gasteiger partial charge in [0, 0.05) is 0 Å². The van der Waals surface area contributed by atoms with Crippen LogP contribution in [0.1, 0.15) is 11.1 Å². The van der Waals surface area contributed by atoms with E-state index in [0.717, 1.165) is 16.5 Å². The van der Waals surface area contributed by atoms with Crippen LogP contribution in [-0.4, -0.2) is 5.11 Å². The molecule has 2 heteroatoms. The highest BCUT2D eigenvalue weighted by atomic mass is 79.9. The largest absolute Gasteiger partial charge is 0.507 e. The minimum absolute atomic E-state index is 0.297. The Kier molecular flexibility index (Phi) is 2.23. The lowest BCUT2D eigenvalue weighted by atomic mass is 10.1. The molecule has 0 heterocycles. The maximum absolute atomic E-state index is 9.47. The van der Waals surface area contributed by atoms with Gasteiger partial charge in [0.15, 0.2) is 0 Å². The third kappa shape index (κ3) is 1.68. The van der Waals surface area contributed by atoms with E-state index in [2.05, 4.69) is 22.0 Å². The summed E-state index contributed by atoms with van der Waals surface area (Å²) in [4.78, 5) is 0. The van der Waals surface area contributed by atoms with Crippen molar-refractivity contribution in [3.8, 4) is 5.75 Å².